The maximum atomic E-state index is 13.7. The SMILES string of the molecule is CCOCCOC(=O)C1=C(C)NC2=C(C(=O)[C@@H](C(=O)OC)[C@@H](C)C2)[C@@H]1c1ccc(OCC)cc1. The van der Waals surface area contributed by atoms with Gasteiger partial charge in [-0.15, -0.1) is 0 Å². The normalized spacial score (nSPS) is 22.1. The van der Waals surface area contributed by atoms with E-state index in [9.17, 15) is 14.4 Å². The summed E-state index contributed by atoms with van der Waals surface area (Å²) in [4.78, 5) is 39.4. The highest BCUT2D eigenvalue weighted by Gasteiger charge is 2.47. The van der Waals surface area contributed by atoms with E-state index < -0.39 is 23.8 Å². The van der Waals surface area contributed by atoms with Gasteiger partial charge in [0, 0.05) is 29.5 Å². The minimum absolute atomic E-state index is 0.0983. The molecule has 0 bridgehead atoms. The standard InChI is InChI=1S/C26H33NO7/c1-6-32-12-13-34-26(30)21-16(4)27-19-14-15(3)20(25(29)31-5)24(28)23(19)22(21)17-8-10-18(11-9-17)33-7-2/h8-11,15,20,22,27H,6-7,12-14H2,1-5H3/t15-,20-,22+/m0/s1. The van der Waals surface area contributed by atoms with E-state index in [1.807, 2.05) is 45.0 Å². The van der Waals surface area contributed by atoms with Crippen molar-refractivity contribution in [1.82, 2.24) is 5.32 Å². The number of ketones is 1. The van der Waals surface area contributed by atoms with Gasteiger partial charge in [-0.1, -0.05) is 19.1 Å². The lowest BCUT2D eigenvalue weighted by Crippen LogP contribution is -2.43. The summed E-state index contributed by atoms with van der Waals surface area (Å²) in [5.41, 5.74) is 2.82. The monoisotopic (exact) mass is 471 g/mol. The Labute approximate surface area is 200 Å². The van der Waals surface area contributed by atoms with Crippen LogP contribution in [0.4, 0.5) is 0 Å². The molecule has 184 valence electrons. The van der Waals surface area contributed by atoms with Crippen molar-refractivity contribution in [2.75, 3.05) is 33.5 Å². The number of rotatable bonds is 9. The van der Waals surface area contributed by atoms with Crippen molar-refractivity contribution < 1.29 is 33.3 Å². The van der Waals surface area contributed by atoms with Gasteiger partial charge in [0.15, 0.2) is 5.78 Å². The molecule has 1 aliphatic carbocycles. The van der Waals surface area contributed by atoms with Crippen molar-refractivity contribution in [2.45, 2.75) is 40.0 Å². The molecule has 0 saturated carbocycles. The van der Waals surface area contributed by atoms with Crippen molar-refractivity contribution in [3.63, 3.8) is 0 Å². The van der Waals surface area contributed by atoms with E-state index in [2.05, 4.69) is 5.32 Å². The van der Waals surface area contributed by atoms with Crippen molar-refractivity contribution >= 4 is 17.7 Å². The average molecular weight is 472 g/mol. The first-order valence-electron chi connectivity index (χ1n) is 11.6. The maximum absolute atomic E-state index is 13.7. The van der Waals surface area contributed by atoms with Crippen molar-refractivity contribution in [2.24, 2.45) is 11.8 Å². The highest BCUT2D eigenvalue weighted by Crippen LogP contribution is 2.45. The third kappa shape index (κ3) is 5.17. The molecule has 0 saturated heterocycles. The minimum Gasteiger partial charge on any atom is -0.494 e. The van der Waals surface area contributed by atoms with Crippen molar-refractivity contribution in [3.05, 3.63) is 52.4 Å². The number of dihydropyridines is 1. The second-order valence-corrected chi connectivity index (χ2v) is 8.37. The Kier molecular flexibility index (Phi) is 8.50. The highest BCUT2D eigenvalue weighted by atomic mass is 16.6. The molecule has 1 aromatic rings. The van der Waals surface area contributed by atoms with Crippen LogP contribution in [-0.2, 0) is 28.6 Å². The predicted octanol–water partition coefficient (Wildman–Crippen LogP) is 3.28. The van der Waals surface area contributed by atoms with Gasteiger partial charge in [-0.05, 0) is 50.8 Å². The lowest BCUT2D eigenvalue weighted by Gasteiger charge is -2.38. The van der Waals surface area contributed by atoms with Gasteiger partial charge in [-0.25, -0.2) is 4.79 Å². The van der Waals surface area contributed by atoms with E-state index in [0.29, 0.717) is 42.2 Å². The number of nitrogens with one attached hydrogen (secondary N) is 1. The van der Waals surface area contributed by atoms with Gasteiger partial charge >= 0.3 is 11.9 Å². The smallest absolute Gasteiger partial charge is 0.336 e. The minimum atomic E-state index is -0.927. The quantitative estimate of drug-likeness (QED) is 0.333. The van der Waals surface area contributed by atoms with Gasteiger partial charge in [0.2, 0.25) is 0 Å². The highest BCUT2D eigenvalue weighted by molar-refractivity contribution is 6.12. The fraction of sp³-hybridized carbons (Fsp3) is 0.500. The second kappa shape index (κ2) is 11.3. The first kappa shape index (κ1) is 25.5. The zero-order chi connectivity index (χ0) is 24.8. The van der Waals surface area contributed by atoms with Gasteiger partial charge in [0.05, 0.1) is 25.9 Å². The molecule has 1 N–H and O–H groups in total. The van der Waals surface area contributed by atoms with E-state index in [0.717, 1.165) is 11.3 Å². The van der Waals surface area contributed by atoms with Gasteiger partial charge in [0.25, 0.3) is 0 Å². The zero-order valence-electron chi connectivity index (χ0n) is 20.4. The van der Waals surface area contributed by atoms with Gasteiger partial charge in [-0.2, -0.15) is 0 Å². The number of ether oxygens (including phenoxy) is 4. The molecule has 0 aromatic heterocycles. The number of methoxy groups -OCH3 is 1. The fourth-order valence-electron chi connectivity index (χ4n) is 4.62. The molecule has 1 aliphatic heterocycles. The van der Waals surface area contributed by atoms with Crippen LogP contribution in [0.5, 0.6) is 5.75 Å². The molecule has 0 spiro atoms. The van der Waals surface area contributed by atoms with Crippen LogP contribution in [-0.4, -0.2) is 51.3 Å². The number of hydrogen-bond donors (Lipinski definition) is 1. The van der Waals surface area contributed by atoms with Crippen LogP contribution in [0.1, 0.15) is 45.6 Å². The third-order valence-electron chi connectivity index (χ3n) is 6.15. The molecule has 2 aliphatic rings. The number of allylic oxidation sites excluding steroid dienone is 3. The molecule has 0 fully saturated rings. The Hall–Kier alpha value is -3.13. The summed E-state index contributed by atoms with van der Waals surface area (Å²) in [6, 6.07) is 7.29. The number of carbonyl (C=O) groups excluding carboxylic acids is 3. The summed E-state index contributed by atoms with van der Waals surface area (Å²) in [6.45, 7) is 8.84. The molecule has 3 atom stereocenters. The Bertz CT molecular complexity index is 993. The predicted molar refractivity (Wildman–Crippen MR) is 125 cm³/mol. The van der Waals surface area contributed by atoms with E-state index in [4.69, 9.17) is 18.9 Å². The van der Waals surface area contributed by atoms with Crippen LogP contribution in [0, 0.1) is 11.8 Å². The number of carbonyl (C=O) groups is 3. The second-order valence-electron chi connectivity index (χ2n) is 8.37. The van der Waals surface area contributed by atoms with E-state index >= 15 is 0 Å². The summed E-state index contributed by atoms with van der Waals surface area (Å²) in [5.74, 6) is -2.59. The number of Topliss-reactive ketones (excluding diaryl/α,β-unsaturated/α-hetero) is 1. The summed E-state index contributed by atoms with van der Waals surface area (Å²) < 4.78 is 21.2. The lowest BCUT2D eigenvalue weighted by atomic mass is 9.69. The van der Waals surface area contributed by atoms with Gasteiger partial charge < -0.3 is 24.3 Å². The van der Waals surface area contributed by atoms with Crippen LogP contribution in [0.3, 0.4) is 0 Å². The zero-order valence-corrected chi connectivity index (χ0v) is 20.4. The van der Waals surface area contributed by atoms with Crippen LogP contribution in [0.2, 0.25) is 0 Å². The molecular formula is C26H33NO7. The first-order chi connectivity index (χ1) is 16.3. The van der Waals surface area contributed by atoms with E-state index in [1.54, 1.807) is 6.92 Å². The molecule has 0 amide bonds. The first-order valence-corrected chi connectivity index (χ1v) is 11.6. The largest absolute Gasteiger partial charge is 0.494 e. The summed E-state index contributed by atoms with van der Waals surface area (Å²) in [7, 11) is 1.28. The van der Waals surface area contributed by atoms with Gasteiger partial charge in [0.1, 0.15) is 18.3 Å². The Morgan fingerprint density at radius 2 is 1.79 bits per heavy atom. The molecule has 0 radical (unpaired) electrons. The van der Waals surface area contributed by atoms with Crippen LogP contribution >= 0.6 is 0 Å². The molecule has 3 rings (SSSR count). The molecule has 8 heteroatoms. The van der Waals surface area contributed by atoms with Crippen molar-refractivity contribution in [3.8, 4) is 5.75 Å². The number of hydrogen-bond acceptors (Lipinski definition) is 8. The Morgan fingerprint density at radius 3 is 2.41 bits per heavy atom. The number of benzene rings is 1. The topological polar surface area (TPSA) is 100 Å². The molecule has 0 unspecified atom stereocenters. The van der Waals surface area contributed by atoms with Gasteiger partial charge in [-0.3, -0.25) is 9.59 Å². The Balaban J connectivity index is 2.06. The third-order valence-corrected chi connectivity index (χ3v) is 6.15. The van der Waals surface area contributed by atoms with E-state index in [-0.39, 0.29) is 24.9 Å². The molecule has 1 aromatic carbocycles. The molecule has 8 nitrogen and oxygen atoms in total. The summed E-state index contributed by atoms with van der Waals surface area (Å²) in [6.07, 6.45) is 0.485. The number of esters is 2. The van der Waals surface area contributed by atoms with E-state index in [1.165, 1.54) is 7.11 Å². The maximum Gasteiger partial charge on any atom is 0.336 e. The summed E-state index contributed by atoms with van der Waals surface area (Å²) in [5, 5.41) is 3.25. The molecule has 34 heavy (non-hydrogen) atoms. The van der Waals surface area contributed by atoms with Crippen LogP contribution in [0.15, 0.2) is 46.8 Å². The lowest BCUT2D eigenvalue weighted by molar-refractivity contribution is -0.151. The molecule has 1 heterocycles. The Morgan fingerprint density at radius 1 is 1.09 bits per heavy atom. The molecular weight excluding hydrogens is 438 g/mol. The average Bonchev–Trinajstić information content (AvgIpc) is 2.81. The summed E-state index contributed by atoms with van der Waals surface area (Å²) >= 11 is 0. The van der Waals surface area contributed by atoms with Crippen LogP contribution in [0.25, 0.3) is 0 Å². The fourth-order valence-corrected chi connectivity index (χ4v) is 4.62. The van der Waals surface area contributed by atoms with Crippen molar-refractivity contribution in [1.29, 1.82) is 0 Å². The van der Waals surface area contributed by atoms with Crippen LogP contribution < -0.4 is 10.1 Å².